The molecule has 0 spiro atoms. The van der Waals surface area contributed by atoms with Gasteiger partial charge < -0.3 is 39.2 Å². The topological polar surface area (TPSA) is 128 Å². The van der Waals surface area contributed by atoms with E-state index >= 15 is 0 Å². The first kappa shape index (κ1) is 34.9. The van der Waals surface area contributed by atoms with E-state index in [9.17, 15) is 14.4 Å². The molecule has 0 radical (unpaired) electrons. The van der Waals surface area contributed by atoms with Gasteiger partial charge in [-0.2, -0.15) is 0 Å². The molecule has 0 aromatic heterocycles. The molecule has 12 nitrogen and oxygen atoms in total. The molecule has 0 unspecified atom stereocenters. The minimum Gasteiger partial charge on any atom is -0.493 e. The number of benzene rings is 2. The number of hydrogen-bond acceptors (Lipinski definition) is 10. The number of rotatable bonds is 10. The number of methoxy groups -OCH3 is 3. The molecule has 12 heteroatoms. The lowest BCUT2D eigenvalue weighted by Gasteiger charge is -2.37. The van der Waals surface area contributed by atoms with Gasteiger partial charge in [0.1, 0.15) is 6.04 Å². The average Bonchev–Trinajstić information content (AvgIpc) is 3.45. The highest BCUT2D eigenvalue weighted by molar-refractivity contribution is 5.86. The Labute approximate surface area is 292 Å². The molecule has 2 heterocycles. The average molecular weight is 687 g/mol. The third-order valence-corrected chi connectivity index (χ3v) is 9.69. The predicted octanol–water partition coefficient (Wildman–Crippen LogP) is 4.37. The summed E-state index contributed by atoms with van der Waals surface area (Å²) in [5, 5.41) is 6.36. The third kappa shape index (κ3) is 7.02. The van der Waals surface area contributed by atoms with E-state index in [0.29, 0.717) is 54.4 Å². The van der Waals surface area contributed by atoms with Gasteiger partial charge in [-0.3, -0.25) is 19.3 Å². The minimum atomic E-state index is -0.623. The van der Waals surface area contributed by atoms with Crippen LogP contribution < -0.4 is 39.7 Å². The molecule has 2 N–H and O–H groups in total. The highest BCUT2D eigenvalue weighted by atomic mass is 16.7. The number of hydrogen-bond donors (Lipinski definition) is 2. The molecule has 3 aliphatic rings. The van der Waals surface area contributed by atoms with Crippen molar-refractivity contribution in [3.8, 4) is 39.9 Å². The molecule has 1 saturated heterocycles. The van der Waals surface area contributed by atoms with Crippen LogP contribution in [0.15, 0.2) is 47.3 Å². The Morgan fingerprint density at radius 3 is 2.34 bits per heavy atom. The lowest BCUT2D eigenvalue weighted by molar-refractivity contribution is -0.134. The summed E-state index contributed by atoms with van der Waals surface area (Å²) in [5.41, 5.74) is 4.25. The largest absolute Gasteiger partial charge is 0.493 e. The summed E-state index contributed by atoms with van der Waals surface area (Å²) in [7, 11) is 4.69. The fourth-order valence-electron chi connectivity index (χ4n) is 7.13. The number of ether oxygens (including phenoxy) is 5. The Hall–Kier alpha value is -4.97. The van der Waals surface area contributed by atoms with E-state index in [1.54, 1.807) is 33.5 Å². The molecule has 1 fully saturated rings. The van der Waals surface area contributed by atoms with Crippen LogP contribution in [0.1, 0.15) is 49.9 Å². The Bertz CT molecular complexity index is 1820. The second kappa shape index (κ2) is 14.9. The molecule has 3 aromatic rings. The lowest BCUT2D eigenvalue weighted by Crippen LogP contribution is -2.53. The molecular weight excluding hydrogens is 640 g/mol. The molecule has 3 aromatic carbocycles. The van der Waals surface area contributed by atoms with Crippen LogP contribution in [-0.4, -0.2) is 82.0 Å². The molecule has 50 heavy (non-hydrogen) atoms. The van der Waals surface area contributed by atoms with E-state index in [4.69, 9.17) is 23.7 Å². The zero-order valence-electron chi connectivity index (χ0n) is 29.6. The Morgan fingerprint density at radius 1 is 0.920 bits per heavy atom. The highest BCUT2D eigenvalue weighted by Crippen LogP contribution is 2.50. The van der Waals surface area contributed by atoms with Crippen molar-refractivity contribution < 1.29 is 33.3 Å². The maximum absolute atomic E-state index is 14.0. The quantitative estimate of drug-likeness (QED) is 0.318. The third-order valence-electron chi connectivity index (χ3n) is 9.69. The molecular formula is C38H46N4O8. The summed E-state index contributed by atoms with van der Waals surface area (Å²) in [6.07, 6.45) is 1.15. The van der Waals surface area contributed by atoms with Crippen LogP contribution in [-0.2, 0) is 22.6 Å². The number of fused-ring (bicyclic) bond motifs is 4. The summed E-state index contributed by atoms with van der Waals surface area (Å²) in [6, 6.07) is 12.0. The number of nitrogens with zero attached hydrogens (tertiary/aromatic N) is 2. The van der Waals surface area contributed by atoms with E-state index in [1.807, 2.05) is 49.1 Å². The maximum atomic E-state index is 14.0. The standard InChI is InChI=1S/C38H46N4O8/c1-22(2)35(38(45)42-15-13-41(14-16-42)20-24-7-12-31-32(17-24)50-21-49-31)40-29-11-9-26-27(19-30(29)44)28(39-23(3)43)10-8-25-18-33(46-4)36(47-5)37(48-6)34(25)26/h7,9,11-12,17-19,22,28,35H,8,10,13-16,20-21H2,1-6H3,(H,39,43)(H,40,44)/t28-,35+/m0/s1. The molecule has 1 aliphatic carbocycles. The number of nitrogens with one attached hydrogen (secondary N) is 2. The van der Waals surface area contributed by atoms with Gasteiger partial charge in [0.05, 0.1) is 33.1 Å². The van der Waals surface area contributed by atoms with Crippen LogP contribution in [0.25, 0.3) is 11.1 Å². The Kier molecular flexibility index (Phi) is 10.4. The van der Waals surface area contributed by atoms with Gasteiger partial charge in [0.25, 0.3) is 0 Å². The Morgan fingerprint density at radius 2 is 1.66 bits per heavy atom. The number of anilines is 1. The van der Waals surface area contributed by atoms with E-state index in [1.165, 1.54) is 6.92 Å². The zero-order valence-corrected chi connectivity index (χ0v) is 29.6. The number of carbonyl (C=O) groups is 2. The van der Waals surface area contributed by atoms with E-state index in [2.05, 4.69) is 15.5 Å². The molecule has 2 atom stereocenters. The molecule has 2 aliphatic heterocycles. The van der Waals surface area contributed by atoms with Gasteiger partial charge in [-0.05, 0) is 71.3 Å². The van der Waals surface area contributed by atoms with Crippen molar-refractivity contribution in [3.05, 3.63) is 69.4 Å². The lowest BCUT2D eigenvalue weighted by atomic mass is 9.95. The summed E-state index contributed by atoms with van der Waals surface area (Å²) in [4.78, 5) is 44.5. The van der Waals surface area contributed by atoms with Crippen LogP contribution in [0, 0.1) is 5.92 Å². The minimum absolute atomic E-state index is 0.0461. The fourth-order valence-corrected chi connectivity index (χ4v) is 7.13. The number of amides is 2. The highest BCUT2D eigenvalue weighted by Gasteiger charge is 2.32. The summed E-state index contributed by atoms with van der Waals surface area (Å²) in [5.74, 6) is 2.63. The summed E-state index contributed by atoms with van der Waals surface area (Å²) >= 11 is 0. The fraction of sp³-hybridized carbons (Fsp3) is 0.447. The first-order chi connectivity index (χ1) is 24.1. The van der Waals surface area contributed by atoms with Gasteiger partial charge in [-0.15, -0.1) is 0 Å². The predicted molar refractivity (Wildman–Crippen MR) is 189 cm³/mol. The Balaban J connectivity index is 1.27. The van der Waals surface area contributed by atoms with Crippen molar-refractivity contribution in [2.75, 3.05) is 59.6 Å². The number of piperazine rings is 1. The summed E-state index contributed by atoms with van der Waals surface area (Å²) in [6.45, 7) is 9.02. The molecule has 6 rings (SSSR count). The van der Waals surface area contributed by atoms with Crippen molar-refractivity contribution in [2.24, 2.45) is 5.92 Å². The van der Waals surface area contributed by atoms with Gasteiger partial charge in [0.15, 0.2) is 23.0 Å². The smallest absolute Gasteiger partial charge is 0.245 e. The van der Waals surface area contributed by atoms with Crippen molar-refractivity contribution in [1.82, 2.24) is 15.1 Å². The maximum Gasteiger partial charge on any atom is 0.245 e. The molecule has 0 bridgehead atoms. The van der Waals surface area contributed by atoms with Crippen molar-refractivity contribution in [1.29, 1.82) is 0 Å². The van der Waals surface area contributed by atoms with E-state index in [0.717, 1.165) is 53.4 Å². The van der Waals surface area contributed by atoms with Crippen LogP contribution in [0.5, 0.6) is 28.7 Å². The monoisotopic (exact) mass is 686 g/mol. The van der Waals surface area contributed by atoms with Gasteiger partial charge in [-0.25, -0.2) is 0 Å². The second-order valence-corrected chi connectivity index (χ2v) is 13.3. The van der Waals surface area contributed by atoms with E-state index < -0.39 is 12.1 Å². The first-order valence-corrected chi connectivity index (χ1v) is 17.1. The van der Waals surface area contributed by atoms with Gasteiger partial charge >= 0.3 is 0 Å². The SMILES string of the molecule is COc1cc2c(c(OC)c1OC)-c1ccc(N[C@@H](C(=O)N3CCN(Cc4ccc5c(c4)OCO5)CC3)C(C)C)c(=O)cc1[C@@H](NC(C)=O)CC2. The van der Waals surface area contributed by atoms with Gasteiger partial charge in [-0.1, -0.05) is 26.0 Å². The van der Waals surface area contributed by atoms with Gasteiger partial charge in [0, 0.05) is 45.2 Å². The zero-order chi connectivity index (χ0) is 35.5. The van der Waals surface area contributed by atoms with E-state index in [-0.39, 0.29) is 30.0 Å². The summed E-state index contributed by atoms with van der Waals surface area (Å²) < 4.78 is 28.2. The molecule has 0 saturated carbocycles. The van der Waals surface area contributed by atoms with Crippen LogP contribution in [0.4, 0.5) is 5.69 Å². The van der Waals surface area contributed by atoms with Crippen molar-refractivity contribution >= 4 is 17.5 Å². The normalized spacial score (nSPS) is 17.3. The van der Waals surface area contributed by atoms with Crippen LogP contribution >= 0.6 is 0 Å². The van der Waals surface area contributed by atoms with Crippen LogP contribution in [0.3, 0.4) is 0 Å². The van der Waals surface area contributed by atoms with Crippen molar-refractivity contribution in [3.63, 3.8) is 0 Å². The number of carbonyl (C=O) groups excluding carboxylic acids is 2. The molecule has 2 amide bonds. The molecule has 266 valence electrons. The second-order valence-electron chi connectivity index (χ2n) is 13.3. The number of aryl methyl sites for hydroxylation is 1. The van der Waals surface area contributed by atoms with Gasteiger partial charge in [0.2, 0.25) is 29.8 Å². The van der Waals surface area contributed by atoms with Crippen LogP contribution in [0.2, 0.25) is 0 Å². The van der Waals surface area contributed by atoms with Crippen molar-refractivity contribution in [2.45, 2.75) is 52.2 Å². The first-order valence-electron chi connectivity index (χ1n) is 17.1.